The highest BCUT2D eigenvalue weighted by molar-refractivity contribution is 5.92. The van der Waals surface area contributed by atoms with Gasteiger partial charge in [-0.25, -0.2) is 18.7 Å². The fourth-order valence-electron chi connectivity index (χ4n) is 8.21. The Bertz CT molecular complexity index is 1370. The quantitative estimate of drug-likeness (QED) is 0.438. The molecule has 1 N–H and O–H groups in total. The Morgan fingerprint density at radius 3 is 2.38 bits per heavy atom. The van der Waals surface area contributed by atoms with Crippen LogP contribution >= 0.6 is 0 Å². The van der Waals surface area contributed by atoms with E-state index in [0.717, 1.165) is 71.8 Å². The first-order chi connectivity index (χ1) is 17.9. The highest BCUT2D eigenvalue weighted by atomic mass is 19.2. The number of carbonyl (C=O) groups excluding carboxylic acids is 1. The lowest BCUT2D eigenvalue weighted by atomic mass is 9.48. The minimum atomic E-state index is -0.944. The van der Waals surface area contributed by atoms with Crippen LogP contribution in [0.3, 0.4) is 0 Å². The monoisotopic (exact) mass is 499 g/mol. The summed E-state index contributed by atoms with van der Waals surface area (Å²) in [7, 11) is 0. The molecule has 4 fully saturated rings. The highest BCUT2D eigenvalue weighted by Gasteiger charge is 2.51. The maximum absolute atomic E-state index is 13.7. The number of carbonyl (C=O) groups is 1. The first kappa shape index (κ1) is 23.0. The van der Waals surface area contributed by atoms with E-state index in [1.54, 1.807) is 0 Å². The van der Waals surface area contributed by atoms with Crippen molar-refractivity contribution in [1.29, 1.82) is 0 Å². The third-order valence-corrected chi connectivity index (χ3v) is 9.26. The number of amides is 1. The predicted octanol–water partition coefficient (Wildman–Crippen LogP) is 6.46. The average Bonchev–Trinajstić information content (AvgIpc) is 2.85. The van der Waals surface area contributed by atoms with Crippen LogP contribution in [-0.4, -0.2) is 15.9 Å². The van der Waals surface area contributed by atoms with Gasteiger partial charge in [-0.05, 0) is 104 Å². The van der Waals surface area contributed by atoms with Gasteiger partial charge < -0.3 is 5.32 Å². The van der Waals surface area contributed by atoms with Crippen LogP contribution in [0.25, 0.3) is 11.3 Å². The first-order valence-corrected chi connectivity index (χ1v) is 13.6. The average molecular weight is 500 g/mol. The minimum Gasteiger partial charge on any atom is -0.309 e. The van der Waals surface area contributed by atoms with Crippen molar-refractivity contribution in [2.24, 2.45) is 23.2 Å². The summed E-state index contributed by atoms with van der Waals surface area (Å²) >= 11 is 0. The number of aromatic nitrogens is 2. The van der Waals surface area contributed by atoms with Crippen molar-refractivity contribution in [2.75, 3.05) is 5.32 Å². The van der Waals surface area contributed by atoms with E-state index in [1.807, 2.05) is 6.07 Å². The Kier molecular flexibility index (Phi) is 5.42. The number of anilines is 1. The number of nitrogens with zero attached hydrogens (tertiary/aromatic N) is 2. The molecule has 1 amide bonds. The SMILES string of the molecule is O=C(Cc1ccc(F)c(F)c1)Nc1nc2c(nc1CC13CC4CC(CC(C4)C1)C3)-c1ccccc1CC2. The number of aryl methyl sites for hydroxylation is 2. The van der Waals surface area contributed by atoms with Gasteiger partial charge in [0.05, 0.1) is 23.5 Å². The molecule has 37 heavy (non-hydrogen) atoms. The Morgan fingerprint density at radius 1 is 0.919 bits per heavy atom. The summed E-state index contributed by atoms with van der Waals surface area (Å²) in [4.78, 5) is 23.3. The van der Waals surface area contributed by atoms with Crippen molar-refractivity contribution in [3.63, 3.8) is 0 Å². The zero-order valence-corrected chi connectivity index (χ0v) is 20.9. The van der Waals surface area contributed by atoms with E-state index in [1.165, 1.54) is 50.2 Å². The number of nitrogens with one attached hydrogen (secondary N) is 1. The lowest BCUT2D eigenvalue weighted by Crippen LogP contribution is -2.47. The lowest BCUT2D eigenvalue weighted by molar-refractivity contribution is -0.115. The van der Waals surface area contributed by atoms with Gasteiger partial charge in [0.25, 0.3) is 0 Å². The molecule has 0 saturated heterocycles. The first-order valence-electron chi connectivity index (χ1n) is 13.6. The van der Waals surface area contributed by atoms with E-state index in [2.05, 4.69) is 23.5 Å². The van der Waals surface area contributed by atoms with Gasteiger partial charge in [0.1, 0.15) is 0 Å². The van der Waals surface area contributed by atoms with Crippen LogP contribution in [0.5, 0.6) is 0 Å². The van der Waals surface area contributed by atoms with Gasteiger partial charge in [0.2, 0.25) is 5.91 Å². The molecule has 0 aliphatic heterocycles. The molecule has 0 radical (unpaired) electrons. The van der Waals surface area contributed by atoms with Gasteiger partial charge in [-0.3, -0.25) is 4.79 Å². The standard InChI is InChI=1S/C31H31F2N3O/c32-24-7-5-18(12-25(24)33)13-28(37)36-30-27(17-31-14-19-9-20(15-31)11-21(10-19)16-31)34-29-23-4-2-1-3-22(23)6-8-26(29)35-30/h1-5,7,12,19-21H,6,8-11,13-17H2,(H,35,36,37). The third-order valence-electron chi connectivity index (χ3n) is 9.26. The topological polar surface area (TPSA) is 54.9 Å². The Labute approximate surface area is 215 Å². The van der Waals surface area contributed by atoms with Gasteiger partial charge in [-0.2, -0.15) is 0 Å². The maximum Gasteiger partial charge on any atom is 0.229 e. The minimum absolute atomic E-state index is 0.0460. The molecule has 8 rings (SSSR count). The van der Waals surface area contributed by atoms with Gasteiger partial charge in [0, 0.05) is 5.56 Å². The Hall–Kier alpha value is -3.15. The molecular weight excluding hydrogens is 468 g/mol. The zero-order chi connectivity index (χ0) is 25.1. The normalized spacial score (nSPS) is 27.0. The number of rotatable bonds is 5. The molecule has 5 aliphatic rings. The molecule has 3 aromatic rings. The fraction of sp³-hybridized carbons (Fsp3) is 0.452. The van der Waals surface area contributed by atoms with Crippen LogP contribution in [0, 0.1) is 34.8 Å². The molecule has 0 atom stereocenters. The molecule has 2 aromatic carbocycles. The number of hydrogen-bond donors (Lipinski definition) is 1. The van der Waals surface area contributed by atoms with Crippen LogP contribution in [0.15, 0.2) is 42.5 Å². The summed E-state index contributed by atoms with van der Waals surface area (Å²) in [6.07, 6.45) is 10.3. The summed E-state index contributed by atoms with van der Waals surface area (Å²) in [5.41, 5.74) is 5.83. The van der Waals surface area contributed by atoms with E-state index >= 15 is 0 Å². The number of hydrogen-bond acceptors (Lipinski definition) is 3. The molecule has 4 bridgehead atoms. The van der Waals surface area contributed by atoms with Crippen molar-refractivity contribution < 1.29 is 13.6 Å². The van der Waals surface area contributed by atoms with Gasteiger partial charge >= 0.3 is 0 Å². The van der Waals surface area contributed by atoms with Crippen LogP contribution in [0.1, 0.15) is 61.0 Å². The molecule has 1 aromatic heterocycles. The number of benzene rings is 2. The second-order valence-electron chi connectivity index (χ2n) is 12.0. The summed E-state index contributed by atoms with van der Waals surface area (Å²) < 4.78 is 27.1. The molecule has 0 spiro atoms. The van der Waals surface area contributed by atoms with Crippen molar-refractivity contribution in [3.05, 3.63) is 76.6 Å². The second-order valence-corrected chi connectivity index (χ2v) is 12.0. The highest BCUT2D eigenvalue weighted by Crippen LogP contribution is 2.61. The van der Waals surface area contributed by atoms with Crippen LogP contribution in [0.2, 0.25) is 0 Å². The van der Waals surface area contributed by atoms with E-state index in [9.17, 15) is 13.6 Å². The van der Waals surface area contributed by atoms with Crippen LogP contribution < -0.4 is 5.32 Å². The summed E-state index contributed by atoms with van der Waals surface area (Å²) in [5.74, 6) is 0.865. The Morgan fingerprint density at radius 2 is 1.65 bits per heavy atom. The van der Waals surface area contributed by atoms with E-state index < -0.39 is 11.6 Å². The predicted molar refractivity (Wildman–Crippen MR) is 138 cm³/mol. The molecule has 190 valence electrons. The second kappa shape index (κ2) is 8.71. The molecule has 5 aliphatic carbocycles. The van der Waals surface area contributed by atoms with E-state index in [0.29, 0.717) is 11.4 Å². The maximum atomic E-state index is 13.7. The van der Waals surface area contributed by atoms with Crippen molar-refractivity contribution in [3.8, 4) is 11.3 Å². The smallest absolute Gasteiger partial charge is 0.229 e. The summed E-state index contributed by atoms with van der Waals surface area (Å²) in [6.45, 7) is 0. The van der Waals surface area contributed by atoms with Crippen molar-refractivity contribution >= 4 is 11.7 Å². The molecule has 4 nitrogen and oxygen atoms in total. The van der Waals surface area contributed by atoms with Gasteiger partial charge in [-0.1, -0.05) is 30.3 Å². The fourth-order valence-corrected chi connectivity index (χ4v) is 8.21. The Balaban J connectivity index is 1.23. The van der Waals surface area contributed by atoms with Crippen molar-refractivity contribution in [1.82, 2.24) is 9.97 Å². The lowest BCUT2D eigenvalue weighted by Gasteiger charge is -2.57. The van der Waals surface area contributed by atoms with Gasteiger partial charge in [0.15, 0.2) is 17.5 Å². The molecular formula is C31H31F2N3O. The van der Waals surface area contributed by atoms with E-state index in [-0.39, 0.29) is 17.7 Å². The largest absolute Gasteiger partial charge is 0.309 e. The number of fused-ring (bicyclic) bond motifs is 3. The molecule has 1 heterocycles. The molecule has 6 heteroatoms. The third kappa shape index (κ3) is 4.24. The van der Waals surface area contributed by atoms with Gasteiger partial charge in [-0.15, -0.1) is 0 Å². The van der Waals surface area contributed by atoms with Crippen LogP contribution in [0.4, 0.5) is 14.6 Å². The van der Waals surface area contributed by atoms with E-state index in [4.69, 9.17) is 9.97 Å². The van der Waals surface area contributed by atoms with Crippen LogP contribution in [-0.2, 0) is 30.5 Å². The summed E-state index contributed by atoms with van der Waals surface area (Å²) in [6, 6.07) is 12.0. The molecule has 0 unspecified atom stereocenters. The summed E-state index contributed by atoms with van der Waals surface area (Å²) in [5, 5.41) is 3.02. The zero-order valence-electron chi connectivity index (χ0n) is 20.9. The van der Waals surface area contributed by atoms with Crippen molar-refractivity contribution in [2.45, 2.75) is 64.2 Å². The molecule has 4 saturated carbocycles. The number of halogens is 2.